The highest BCUT2D eigenvalue weighted by atomic mass is 79.9. The predicted molar refractivity (Wildman–Crippen MR) is 156 cm³/mol. The van der Waals surface area contributed by atoms with Crippen molar-refractivity contribution < 1.29 is 28.8 Å². The molecule has 2 heterocycles. The first-order chi connectivity index (χ1) is 19.7. The van der Waals surface area contributed by atoms with Crippen molar-refractivity contribution in [1.82, 2.24) is 9.80 Å². The minimum atomic E-state index is -0.532. The maximum atomic E-state index is 13.1. The highest BCUT2D eigenvalue weighted by Gasteiger charge is 2.37. The number of non-ortho nitro benzene ring substituents is 1. The van der Waals surface area contributed by atoms with E-state index in [9.17, 15) is 24.5 Å². The van der Waals surface area contributed by atoms with E-state index in [1.54, 1.807) is 35.2 Å². The number of nitro benzene ring substituents is 1. The van der Waals surface area contributed by atoms with E-state index in [1.165, 1.54) is 24.8 Å². The Morgan fingerprint density at radius 2 is 1.83 bits per heavy atom. The van der Waals surface area contributed by atoms with Crippen molar-refractivity contribution in [3.05, 3.63) is 102 Å². The third kappa shape index (κ3) is 6.28. The number of hydrogen-bond donors (Lipinski definition) is 0. The van der Waals surface area contributed by atoms with Crippen molar-refractivity contribution in [2.75, 3.05) is 20.2 Å². The highest BCUT2D eigenvalue weighted by molar-refractivity contribution is 9.10. The number of thioether (sulfide) groups is 1. The molecule has 0 bridgehead atoms. The molecule has 10 nitrogen and oxygen atoms in total. The highest BCUT2D eigenvalue weighted by Crippen LogP contribution is 2.38. The molecule has 2 aliphatic heterocycles. The second kappa shape index (κ2) is 12.1. The van der Waals surface area contributed by atoms with E-state index in [-0.39, 0.29) is 29.7 Å². The smallest absolute Gasteiger partial charge is 0.294 e. The molecule has 1 saturated heterocycles. The number of rotatable bonds is 8. The Bertz CT molecular complexity index is 1580. The van der Waals surface area contributed by atoms with Gasteiger partial charge in [0.15, 0.2) is 11.5 Å². The Hall–Kier alpha value is -4.16. The summed E-state index contributed by atoms with van der Waals surface area (Å²) in [6, 6.07) is 17.3. The van der Waals surface area contributed by atoms with E-state index < -0.39 is 16.1 Å². The maximum absolute atomic E-state index is 13.1. The molecule has 0 spiro atoms. The van der Waals surface area contributed by atoms with Crippen LogP contribution < -0.4 is 9.47 Å². The summed E-state index contributed by atoms with van der Waals surface area (Å²) >= 11 is 4.27. The van der Waals surface area contributed by atoms with E-state index in [4.69, 9.17) is 9.47 Å². The average molecular weight is 638 g/mol. The molecular formula is C29H24BrN3O7S. The van der Waals surface area contributed by atoms with Crippen molar-refractivity contribution >= 4 is 56.5 Å². The molecule has 3 aromatic rings. The number of nitro groups is 1. The fourth-order valence-corrected chi connectivity index (χ4v) is 5.80. The number of nitrogens with zero attached hydrogens (tertiary/aromatic N) is 3. The first-order valence-corrected chi connectivity index (χ1v) is 14.2. The molecule has 0 unspecified atom stereocenters. The van der Waals surface area contributed by atoms with Gasteiger partial charge in [-0.15, -0.1) is 0 Å². The number of benzene rings is 3. The summed E-state index contributed by atoms with van der Waals surface area (Å²) in [7, 11) is 1.48. The number of ether oxygens (including phenoxy) is 2. The van der Waals surface area contributed by atoms with Gasteiger partial charge in [-0.3, -0.25) is 29.4 Å². The summed E-state index contributed by atoms with van der Waals surface area (Å²) in [5.41, 5.74) is 3.57. The van der Waals surface area contributed by atoms with Gasteiger partial charge in [-0.25, -0.2) is 0 Å². The number of carbonyl (C=O) groups excluding carboxylic acids is 3. The molecule has 0 aliphatic carbocycles. The van der Waals surface area contributed by atoms with Crippen molar-refractivity contribution in [2.24, 2.45) is 0 Å². The van der Waals surface area contributed by atoms with Gasteiger partial charge in [0.1, 0.15) is 13.2 Å². The SMILES string of the molecule is COc1cc(/C=C2/SC(=O)N(CC(=O)N3CCc4ccccc4C3)C2=O)c(Br)cc1OCc1ccc([N+](=O)[O-])cc1. The second-order valence-electron chi connectivity index (χ2n) is 9.34. The van der Waals surface area contributed by atoms with E-state index in [1.807, 2.05) is 24.3 Å². The predicted octanol–water partition coefficient (Wildman–Crippen LogP) is 5.57. The van der Waals surface area contributed by atoms with E-state index in [0.29, 0.717) is 34.6 Å². The number of halogens is 1. The number of methoxy groups -OCH3 is 1. The Morgan fingerprint density at radius 3 is 2.54 bits per heavy atom. The number of carbonyl (C=O) groups is 3. The van der Waals surface area contributed by atoms with Gasteiger partial charge in [0.2, 0.25) is 5.91 Å². The van der Waals surface area contributed by atoms with Gasteiger partial charge < -0.3 is 14.4 Å². The van der Waals surface area contributed by atoms with Gasteiger partial charge in [-0.05, 0) is 70.8 Å². The molecular weight excluding hydrogens is 614 g/mol. The fraction of sp³-hybridized carbons (Fsp3) is 0.207. The maximum Gasteiger partial charge on any atom is 0.294 e. The lowest BCUT2D eigenvalue weighted by Gasteiger charge is -2.29. The van der Waals surface area contributed by atoms with Gasteiger partial charge >= 0.3 is 0 Å². The van der Waals surface area contributed by atoms with Crippen LogP contribution in [0.5, 0.6) is 11.5 Å². The number of imide groups is 1. The summed E-state index contributed by atoms with van der Waals surface area (Å²) in [5.74, 6) is -0.00613. The first-order valence-electron chi connectivity index (χ1n) is 12.6. The van der Waals surface area contributed by atoms with Gasteiger partial charge in [0.25, 0.3) is 16.8 Å². The van der Waals surface area contributed by atoms with Crippen LogP contribution in [-0.4, -0.2) is 52.0 Å². The standard InChI is InChI=1S/C29H24BrN3O7S/c1-39-24-12-21(23(30)14-25(24)40-17-18-6-8-22(9-7-18)33(37)38)13-26-28(35)32(29(36)41-26)16-27(34)31-11-10-19-4-2-3-5-20(19)15-31/h2-9,12-14H,10-11,15-17H2,1H3/b26-13+. The largest absolute Gasteiger partial charge is 0.493 e. The van der Waals surface area contributed by atoms with Crippen LogP contribution in [0, 0.1) is 10.1 Å². The summed E-state index contributed by atoms with van der Waals surface area (Å²) in [4.78, 5) is 52.1. The van der Waals surface area contributed by atoms with Crippen LogP contribution >= 0.6 is 27.7 Å². The molecule has 5 rings (SSSR count). The summed E-state index contributed by atoms with van der Waals surface area (Å²) in [6.45, 7) is 0.819. The second-order valence-corrected chi connectivity index (χ2v) is 11.2. The average Bonchev–Trinajstić information content (AvgIpc) is 3.24. The van der Waals surface area contributed by atoms with Crippen LogP contribution in [-0.2, 0) is 29.2 Å². The van der Waals surface area contributed by atoms with Gasteiger partial charge in [-0.2, -0.15) is 0 Å². The van der Waals surface area contributed by atoms with Crippen LogP contribution in [0.15, 0.2) is 70.0 Å². The number of amides is 3. The van der Waals surface area contributed by atoms with E-state index in [0.717, 1.165) is 34.2 Å². The summed E-state index contributed by atoms with van der Waals surface area (Å²) in [6.07, 6.45) is 2.30. The third-order valence-corrected chi connectivity index (χ3v) is 8.36. The Balaban J connectivity index is 1.26. The van der Waals surface area contributed by atoms with Crippen LogP contribution in [0.2, 0.25) is 0 Å². The zero-order chi connectivity index (χ0) is 29.1. The molecule has 12 heteroatoms. The first kappa shape index (κ1) is 28.4. The van der Waals surface area contributed by atoms with Crippen molar-refractivity contribution in [1.29, 1.82) is 0 Å². The molecule has 0 atom stereocenters. The third-order valence-electron chi connectivity index (χ3n) is 6.76. The molecule has 1 fully saturated rings. The number of hydrogen-bond acceptors (Lipinski definition) is 8. The summed E-state index contributed by atoms with van der Waals surface area (Å²) in [5, 5.41) is 10.4. The number of fused-ring (bicyclic) bond motifs is 1. The molecule has 3 amide bonds. The van der Waals surface area contributed by atoms with E-state index >= 15 is 0 Å². The lowest BCUT2D eigenvalue weighted by Crippen LogP contribution is -2.44. The fourth-order valence-electron chi connectivity index (χ4n) is 4.53. The van der Waals surface area contributed by atoms with Crippen molar-refractivity contribution in [3.63, 3.8) is 0 Å². The monoisotopic (exact) mass is 637 g/mol. The normalized spacial score (nSPS) is 15.7. The minimum absolute atomic E-state index is 0.00974. The molecule has 2 aliphatic rings. The van der Waals surface area contributed by atoms with Gasteiger partial charge in [0.05, 0.1) is 16.9 Å². The van der Waals surface area contributed by atoms with Crippen LogP contribution in [0.4, 0.5) is 10.5 Å². The molecule has 41 heavy (non-hydrogen) atoms. The zero-order valence-electron chi connectivity index (χ0n) is 21.9. The molecule has 0 saturated carbocycles. The van der Waals surface area contributed by atoms with Crippen molar-refractivity contribution in [2.45, 2.75) is 19.6 Å². The van der Waals surface area contributed by atoms with Gasteiger partial charge in [-0.1, -0.05) is 40.2 Å². The minimum Gasteiger partial charge on any atom is -0.493 e. The Labute approximate surface area is 248 Å². The molecule has 0 radical (unpaired) electrons. The molecule has 3 aromatic carbocycles. The Kier molecular flexibility index (Phi) is 8.41. The van der Waals surface area contributed by atoms with Crippen LogP contribution in [0.3, 0.4) is 0 Å². The lowest BCUT2D eigenvalue weighted by atomic mass is 10.00. The summed E-state index contributed by atoms with van der Waals surface area (Å²) < 4.78 is 11.9. The van der Waals surface area contributed by atoms with Crippen LogP contribution in [0.25, 0.3) is 6.08 Å². The lowest BCUT2D eigenvalue weighted by molar-refractivity contribution is -0.384. The molecule has 0 aromatic heterocycles. The zero-order valence-corrected chi connectivity index (χ0v) is 24.3. The quantitative estimate of drug-likeness (QED) is 0.179. The van der Waals surface area contributed by atoms with Crippen LogP contribution in [0.1, 0.15) is 22.3 Å². The topological polar surface area (TPSA) is 119 Å². The molecule has 210 valence electrons. The van der Waals surface area contributed by atoms with E-state index in [2.05, 4.69) is 15.9 Å². The van der Waals surface area contributed by atoms with Crippen molar-refractivity contribution in [3.8, 4) is 11.5 Å². The Morgan fingerprint density at radius 1 is 1.10 bits per heavy atom. The van der Waals surface area contributed by atoms with Gasteiger partial charge in [0, 0.05) is 29.7 Å². The molecule has 0 N–H and O–H groups in total.